The highest BCUT2D eigenvalue weighted by Crippen LogP contribution is 2.28. The Bertz CT molecular complexity index is 595. The monoisotopic (exact) mass is 318 g/mol. The molecule has 2 amide bonds. The highest BCUT2D eigenvalue weighted by Gasteiger charge is 2.37. The van der Waals surface area contributed by atoms with Gasteiger partial charge in [-0.1, -0.05) is 31.2 Å². The van der Waals surface area contributed by atoms with Gasteiger partial charge in [0, 0.05) is 12.8 Å². The van der Waals surface area contributed by atoms with Gasteiger partial charge in [-0.05, 0) is 24.5 Å². The fraction of sp³-hybridized carbons (Fsp3) is 0.471. The van der Waals surface area contributed by atoms with Crippen LogP contribution < -0.4 is 5.32 Å². The van der Waals surface area contributed by atoms with Gasteiger partial charge < -0.3 is 14.8 Å². The molecule has 2 atom stereocenters. The minimum atomic E-state index is -0.628. The Hall–Kier alpha value is -2.21. The summed E-state index contributed by atoms with van der Waals surface area (Å²) in [5.41, 5.74) is 2.51. The van der Waals surface area contributed by atoms with E-state index in [2.05, 4.69) is 17.2 Å². The van der Waals surface area contributed by atoms with Crippen LogP contribution in [0.5, 0.6) is 0 Å². The zero-order valence-electron chi connectivity index (χ0n) is 13.7. The minimum Gasteiger partial charge on any atom is -0.463 e. The SMILES string of the molecule is CCc1ccc(C2NC(=O)N=C(C)C2C(=O)OCCOC)cc1. The van der Waals surface area contributed by atoms with Crippen molar-refractivity contribution >= 4 is 17.7 Å². The molecule has 6 heteroatoms. The van der Waals surface area contributed by atoms with Crippen molar-refractivity contribution in [1.82, 2.24) is 5.32 Å². The molecule has 0 aliphatic carbocycles. The van der Waals surface area contributed by atoms with Crippen LogP contribution in [-0.4, -0.2) is 38.0 Å². The molecule has 0 saturated heterocycles. The smallest absolute Gasteiger partial charge is 0.341 e. The molecule has 2 unspecified atom stereocenters. The van der Waals surface area contributed by atoms with Crippen LogP contribution in [0.25, 0.3) is 0 Å². The number of benzene rings is 1. The van der Waals surface area contributed by atoms with Crippen molar-refractivity contribution in [3.8, 4) is 0 Å². The maximum Gasteiger partial charge on any atom is 0.341 e. The molecule has 0 spiro atoms. The number of ether oxygens (including phenoxy) is 2. The number of esters is 1. The largest absolute Gasteiger partial charge is 0.463 e. The third kappa shape index (κ3) is 4.16. The Morgan fingerprint density at radius 3 is 2.57 bits per heavy atom. The molecule has 0 saturated carbocycles. The van der Waals surface area contributed by atoms with Crippen LogP contribution in [0.2, 0.25) is 0 Å². The summed E-state index contributed by atoms with van der Waals surface area (Å²) in [7, 11) is 1.54. The molecular weight excluding hydrogens is 296 g/mol. The van der Waals surface area contributed by atoms with Crippen LogP contribution in [0.3, 0.4) is 0 Å². The molecular formula is C17H22N2O4. The topological polar surface area (TPSA) is 77.0 Å². The average Bonchev–Trinajstić information content (AvgIpc) is 2.54. The fourth-order valence-electron chi connectivity index (χ4n) is 2.58. The number of nitrogens with zero attached hydrogens (tertiary/aromatic N) is 1. The van der Waals surface area contributed by atoms with Gasteiger partial charge in [0.05, 0.1) is 12.6 Å². The highest BCUT2D eigenvalue weighted by molar-refractivity contribution is 6.08. The second-order valence-corrected chi connectivity index (χ2v) is 5.41. The number of aliphatic imine (C=N–C) groups is 1. The zero-order valence-corrected chi connectivity index (χ0v) is 13.7. The Morgan fingerprint density at radius 1 is 1.26 bits per heavy atom. The minimum absolute atomic E-state index is 0.175. The zero-order chi connectivity index (χ0) is 16.8. The molecule has 124 valence electrons. The molecule has 1 aromatic carbocycles. The third-order valence-electron chi connectivity index (χ3n) is 3.87. The number of amides is 2. The Labute approximate surface area is 135 Å². The van der Waals surface area contributed by atoms with Crippen molar-refractivity contribution in [3.05, 3.63) is 35.4 Å². The quantitative estimate of drug-likeness (QED) is 0.645. The number of aryl methyl sites for hydroxylation is 1. The van der Waals surface area contributed by atoms with Gasteiger partial charge >= 0.3 is 12.0 Å². The molecule has 1 aromatic rings. The van der Waals surface area contributed by atoms with E-state index in [1.165, 1.54) is 5.56 Å². The van der Waals surface area contributed by atoms with Gasteiger partial charge in [0.15, 0.2) is 0 Å². The molecule has 0 bridgehead atoms. The molecule has 1 aliphatic rings. The summed E-state index contributed by atoms with van der Waals surface area (Å²) in [5.74, 6) is -1.04. The summed E-state index contributed by atoms with van der Waals surface area (Å²) in [6.45, 7) is 4.25. The van der Waals surface area contributed by atoms with E-state index in [-0.39, 0.29) is 6.61 Å². The van der Waals surface area contributed by atoms with Gasteiger partial charge in [-0.15, -0.1) is 0 Å². The average molecular weight is 318 g/mol. The van der Waals surface area contributed by atoms with Crippen LogP contribution in [-0.2, 0) is 20.7 Å². The molecule has 23 heavy (non-hydrogen) atoms. The second-order valence-electron chi connectivity index (χ2n) is 5.41. The van der Waals surface area contributed by atoms with Gasteiger partial charge in [0.1, 0.15) is 12.5 Å². The van der Waals surface area contributed by atoms with Gasteiger partial charge in [-0.3, -0.25) is 4.79 Å². The first kappa shape index (κ1) is 17.1. The predicted molar refractivity (Wildman–Crippen MR) is 86.5 cm³/mol. The number of hydrogen-bond donors (Lipinski definition) is 1. The summed E-state index contributed by atoms with van der Waals surface area (Å²) in [6, 6.07) is 6.94. The molecule has 1 N–H and O–H groups in total. The van der Waals surface area contributed by atoms with Crippen molar-refractivity contribution in [2.75, 3.05) is 20.3 Å². The van der Waals surface area contributed by atoms with Gasteiger partial charge in [0.25, 0.3) is 0 Å². The van der Waals surface area contributed by atoms with Gasteiger partial charge in [-0.25, -0.2) is 9.79 Å². The Balaban J connectivity index is 2.24. The van der Waals surface area contributed by atoms with Crippen LogP contribution in [0.15, 0.2) is 29.3 Å². The number of urea groups is 1. The van der Waals surface area contributed by atoms with E-state index in [9.17, 15) is 9.59 Å². The van der Waals surface area contributed by atoms with Crippen molar-refractivity contribution < 1.29 is 19.1 Å². The summed E-state index contributed by atoms with van der Waals surface area (Å²) in [5, 5.41) is 2.76. The van der Waals surface area contributed by atoms with Crippen molar-refractivity contribution in [3.63, 3.8) is 0 Å². The summed E-state index contributed by atoms with van der Waals surface area (Å²) >= 11 is 0. The number of carbonyl (C=O) groups is 2. The van der Waals surface area contributed by atoms with E-state index >= 15 is 0 Å². The summed E-state index contributed by atoms with van der Waals surface area (Å²) in [4.78, 5) is 28.0. The van der Waals surface area contributed by atoms with Crippen molar-refractivity contribution in [1.29, 1.82) is 0 Å². The van der Waals surface area contributed by atoms with Crippen LogP contribution >= 0.6 is 0 Å². The fourth-order valence-corrected chi connectivity index (χ4v) is 2.58. The third-order valence-corrected chi connectivity index (χ3v) is 3.87. The molecule has 1 heterocycles. The van der Waals surface area contributed by atoms with Crippen molar-refractivity contribution in [2.45, 2.75) is 26.3 Å². The Morgan fingerprint density at radius 2 is 1.96 bits per heavy atom. The highest BCUT2D eigenvalue weighted by atomic mass is 16.6. The standard InChI is InChI=1S/C17H22N2O4/c1-4-12-5-7-13(8-6-12)15-14(11(2)18-17(21)19-15)16(20)23-10-9-22-3/h5-8,14-15H,4,9-10H2,1-3H3,(H,19,21). The van der Waals surface area contributed by atoms with Crippen LogP contribution in [0.1, 0.15) is 31.0 Å². The van der Waals surface area contributed by atoms with E-state index in [4.69, 9.17) is 9.47 Å². The lowest BCUT2D eigenvalue weighted by atomic mass is 9.88. The van der Waals surface area contributed by atoms with E-state index in [1.807, 2.05) is 24.3 Å². The first-order valence-corrected chi connectivity index (χ1v) is 7.67. The summed E-state index contributed by atoms with van der Waals surface area (Å²) in [6.07, 6.45) is 0.931. The maximum absolute atomic E-state index is 12.4. The molecule has 1 aliphatic heterocycles. The molecule has 0 aromatic heterocycles. The predicted octanol–water partition coefficient (Wildman–Crippen LogP) is 2.28. The second kappa shape index (κ2) is 7.87. The molecule has 2 rings (SSSR count). The number of carbonyl (C=O) groups excluding carboxylic acids is 2. The first-order chi connectivity index (χ1) is 11.1. The van der Waals surface area contributed by atoms with E-state index < -0.39 is 24.0 Å². The maximum atomic E-state index is 12.4. The van der Waals surface area contributed by atoms with E-state index in [0.29, 0.717) is 12.3 Å². The van der Waals surface area contributed by atoms with Crippen LogP contribution in [0.4, 0.5) is 4.79 Å². The lowest BCUT2D eigenvalue weighted by Gasteiger charge is -2.29. The van der Waals surface area contributed by atoms with Crippen molar-refractivity contribution in [2.24, 2.45) is 10.9 Å². The lowest BCUT2D eigenvalue weighted by Crippen LogP contribution is -2.44. The normalized spacial score (nSPS) is 20.7. The number of hydrogen-bond acceptors (Lipinski definition) is 4. The molecule has 0 fully saturated rings. The van der Waals surface area contributed by atoms with E-state index in [1.54, 1.807) is 14.0 Å². The molecule has 6 nitrogen and oxygen atoms in total. The van der Waals surface area contributed by atoms with E-state index in [0.717, 1.165) is 12.0 Å². The number of nitrogens with one attached hydrogen (secondary N) is 1. The Kier molecular flexibility index (Phi) is 5.87. The van der Waals surface area contributed by atoms with Crippen LogP contribution in [0, 0.1) is 5.92 Å². The van der Waals surface area contributed by atoms with Gasteiger partial charge in [-0.2, -0.15) is 0 Å². The first-order valence-electron chi connectivity index (χ1n) is 7.67. The molecule has 0 radical (unpaired) electrons. The number of methoxy groups -OCH3 is 1. The number of rotatable bonds is 6. The summed E-state index contributed by atoms with van der Waals surface area (Å²) < 4.78 is 10.1. The van der Waals surface area contributed by atoms with Gasteiger partial charge in [0.2, 0.25) is 0 Å². The lowest BCUT2D eigenvalue weighted by molar-refractivity contribution is -0.148.